The summed E-state index contributed by atoms with van der Waals surface area (Å²) < 4.78 is 2.15. The molecule has 4 nitrogen and oxygen atoms in total. The van der Waals surface area contributed by atoms with Gasteiger partial charge in [-0.15, -0.1) is 0 Å². The van der Waals surface area contributed by atoms with E-state index in [4.69, 9.17) is 0 Å². The van der Waals surface area contributed by atoms with Crippen LogP contribution in [0, 0.1) is 0 Å². The van der Waals surface area contributed by atoms with Crippen LogP contribution in [0.1, 0.15) is 17.2 Å². The van der Waals surface area contributed by atoms with Crippen LogP contribution >= 0.6 is 0 Å². The van der Waals surface area contributed by atoms with Crippen molar-refractivity contribution in [1.29, 1.82) is 0 Å². The number of imidazole rings is 2. The lowest BCUT2D eigenvalue weighted by atomic mass is 9.98. The lowest BCUT2D eigenvalue weighted by molar-refractivity contribution is 0.581. The van der Waals surface area contributed by atoms with Crippen LogP contribution in [-0.2, 0) is 6.42 Å². The summed E-state index contributed by atoms with van der Waals surface area (Å²) in [6.45, 7) is 0. The van der Waals surface area contributed by atoms with E-state index in [1.54, 1.807) is 6.33 Å². The average molecular weight is 288 g/mol. The summed E-state index contributed by atoms with van der Waals surface area (Å²) in [4.78, 5) is 11.7. The summed E-state index contributed by atoms with van der Waals surface area (Å²) in [7, 11) is 0. The first-order valence-corrected chi connectivity index (χ1v) is 7.34. The molecule has 0 bridgehead atoms. The second-order valence-electron chi connectivity index (χ2n) is 5.39. The fraction of sp³-hybridized carbons (Fsp3) is 0.111. The predicted molar refractivity (Wildman–Crippen MR) is 86.6 cm³/mol. The van der Waals surface area contributed by atoms with Gasteiger partial charge in [0.2, 0.25) is 0 Å². The molecule has 1 N–H and O–H groups in total. The fourth-order valence-corrected chi connectivity index (χ4v) is 2.84. The van der Waals surface area contributed by atoms with Crippen LogP contribution in [0.4, 0.5) is 0 Å². The summed E-state index contributed by atoms with van der Waals surface area (Å²) in [6, 6.07) is 17.2. The van der Waals surface area contributed by atoms with E-state index in [1.165, 1.54) is 11.1 Å². The summed E-state index contributed by atoms with van der Waals surface area (Å²) >= 11 is 0. The fourth-order valence-electron chi connectivity index (χ4n) is 2.84. The van der Waals surface area contributed by atoms with E-state index in [0.29, 0.717) is 0 Å². The summed E-state index contributed by atoms with van der Waals surface area (Å²) in [6.07, 6.45) is 8.38. The van der Waals surface area contributed by atoms with Crippen LogP contribution in [0.25, 0.3) is 11.0 Å². The van der Waals surface area contributed by atoms with Crippen molar-refractivity contribution in [2.75, 3.05) is 0 Å². The molecule has 0 aliphatic heterocycles. The minimum atomic E-state index is 0.214. The third-order valence-corrected chi connectivity index (χ3v) is 3.99. The van der Waals surface area contributed by atoms with E-state index in [2.05, 4.69) is 62.0 Å². The Kier molecular flexibility index (Phi) is 3.20. The molecule has 108 valence electrons. The molecule has 22 heavy (non-hydrogen) atoms. The molecule has 0 amide bonds. The Morgan fingerprint density at radius 2 is 2.00 bits per heavy atom. The molecule has 4 aromatic rings. The Balaban J connectivity index is 1.76. The largest absolute Gasteiger partial charge is 0.345 e. The molecule has 0 aliphatic rings. The van der Waals surface area contributed by atoms with Gasteiger partial charge in [0.1, 0.15) is 0 Å². The van der Waals surface area contributed by atoms with E-state index < -0.39 is 0 Å². The molecule has 0 aliphatic carbocycles. The van der Waals surface area contributed by atoms with Gasteiger partial charge in [0.15, 0.2) is 0 Å². The molecule has 4 rings (SSSR count). The Bertz CT molecular complexity index is 862. The predicted octanol–water partition coefficient (Wildman–Crippen LogP) is 3.59. The third kappa shape index (κ3) is 2.39. The zero-order valence-corrected chi connectivity index (χ0v) is 12.1. The third-order valence-electron chi connectivity index (χ3n) is 3.99. The molecule has 2 aromatic heterocycles. The van der Waals surface area contributed by atoms with Gasteiger partial charge in [0.05, 0.1) is 29.7 Å². The SMILES string of the molecule is c1ccc(CC(c2ccc3[nH]cnc3c2)n2ccnc2)cc1. The lowest BCUT2D eigenvalue weighted by Gasteiger charge is -2.19. The van der Waals surface area contributed by atoms with Gasteiger partial charge in [-0.25, -0.2) is 9.97 Å². The Hall–Kier alpha value is -2.88. The molecule has 1 unspecified atom stereocenters. The van der Waals surface area contributed by atoms with Gasteiger partial charge in [-0.1, -0.05) is 36.4 Å². The van der Waals surface area contributed by atoms with E-state index in [-0.39, 0.29) is 6.04 Å². The van der Waals surface area contributed by atoms with Crippen LogP contribution in [0.5, 0.6) is 0 Å². The first-order valence-electron chi connectivity index (χ1n) is 7.34. The first kappa shape index (κ1) is 12.8. The Morgan fingerprint density at radius 1 is 1.09 bits per heavy atom. The maximum absolute atomic E-state index is 4.37. The monoisotopic (exact) mass is 288 g/mol. The van der Waals surface area contributed by atoms with Crippen molar-refractivity contribution in [1.82, 2.24) is 19.5 Å². The zero-order valence-electron chi connectivity index (χ0n) is 12.1. The van der Waals surface area contributed by atoms with Gasteiger partial charge < -0.3 is 9.55 Å². The van der Waals surface area contributed by atoms with Gasteiger partial charge in [-0.05, 0) is 29.7 Å². The number of nitrogens with zero attached hydrogens (tertiary/aromatic N) is 3. The second kappa shape index (κ2) is 5.48. The Morgan fingerprint density at radius 3 is 2.82 bits per heavy atom. The summed E-state index contributed by atoms with van der Waals surface area (Å²) in [5.41, 5.74) is 4.60. The first-order chi connectivity index (χ1) is 10.9. The van der Waals surface area contributed by atoms with E-state index in [9.17, 15) is 0 Å². The van der Waals surface area contributed by atoms with Gasteiger partial charge in [0.25, 0.3) is 0 Å². The molecule has 2 heterocycles. The van der Waals surface area contributed by atoms with Crippen molar-refractivity contribution in [2.45, 2.75) is 12.5 Å². The van der Waals surface area contributed by atoms with Gasteiger partial charge in [-0.2, -0.15) is 0 Å². The molecule has 0 saturated carbocycles. The molecular weight excluding hydrogens is 272 g/mol. The molecule has 0 saturated heterocycles. The van der Waals surface area contributed by atoms with Crippen LogP contribution in [-0.4, -0.2) is 19.5 Å². The summed E-state index contributed by atoms with van der Waals surface area (Å²) in [5, 5.41) is 0. The van der Waals surface area contributed by atoms with Crippen molar-refractivity contribution in [3.8, 4) is 0 Å². The van der Waals surface area contributed by atoms with Crippen LogP contribution in [0.15, 0.2) is 73.6 Å². The highest BCUT2D eigenvalue weighted by Gasteiger charge is 2.15. The molecule has 4 heteroatoms. The number of rotatable bonds is 4. The smallest absolute Gasteiger partial charge is 0.0951 e. The van der Waals surface area contributed by atoms with Crippen LogP contribution in [0.2, 0.25) is 0 Å². The van der Waals surface area contributed by atoms with Crippen LogP contribution in [0.3, 0.4) is 0 Å². The molecule has 0 fully saturated rings. The highest BCUT2D eigenvalue weighted by Crippen LogP contribution is 2.25. The van der Waals surface area contributed by atoms with Crippen molar-refractivity contribution in [2.24, 2.45) is 0 Å². The van der Waals surface area contributed by atoms with Crippen molar-refractivity contribution < 1.29 is 0 Å². The lowest BCUT2D eigenvalue weighted by Crippen LogP contribution is -2.12. The highest BCUT2D eigenvalue weighted by molar-refractivity contribution is 5.75. The number of nitrogens with one attached hydrogen (secondary N) is 1. The van der Waals surface area contributed by atoms with Crippen molar-refractivity contribution >= 4 is 11.0 Å². The quantitative estimate of drug-likeness (QED) is 0.624. The maximum Gasteiger partial charge on any atom is 0.0951 e. The summed E-state index contributed by atoms with van der Waals surface area (Å²) in [5.74, 6) is 0. The highest BCUT2D eigenvalue weighted by atomic mass is 15.0. The van der Waals surface area contributed by atoms with Crippen molar-refractivity contribution in [3.63, 3.8) is 0 Å². The van der Waals surface area contributed by atoms with E-state index in [0.717, 1.165) is 17.5 Å². The topological polar surface area (TPSA) is 46.5 Å². The second-order valence-corrected chi connectivity index (χ2v) is 5.39. The maximum atomic E-state index is 4.37. The average Bonchev–Trinajstić information content (AvgIpc) is 3.24. The number of H-pyrrole nitrogens is 1. The number of hydrogen-bond acceptors (Lipinski definition) is 2. The molecule has 0 spiro atoms. The molecular formula is C18H16N4. The molecule has 1 atom stereocenters. The van der Waals surface area contributed by atoms with E-state index >= 15 is 0 Å². The number of aromatic nitrogens is 4. The number of hydrogen-bond donors (Lipinski definition) is 1. The van der Waals surface area contributed by atoms with Gasteiger partial charge in [0, 0.05) is 12.4 Å². The molecule has 0 radical (unpaired) electrons. The number of benzene rings is 2. The van der Waals surface area contributed by atoms with Gasteiger partial charge in [-0.3, -0.25) is 0 Å². The Labute approximate surface area is 128 Å². The van der Waals surface area contributed by atoms with Crippen molar-refractivity contribution in [3.05, 3.63) is 84.7 Å². The minimum Gasteiger partial charge on any atom is -0.345 e. The minimum absolute atomic E-state index is 0.214. The number of fused-ring (bicyclic) bond motifs is 1. The van der Waals surface area contributed by atoms with Gasteiger partial charge >= 0.3 is 0 Å². The zero-order chi connectivity index (χ0) is 14.8. The van der Waals surface area contributed by atoms with Crippen LogP contribution < -0.4 is 0 Å². The number of aromatic amines is 1. The molecule has 2 aromatic carbocycles. The van der Waals surface area contributed by atoms with E-state index in [1.807, 2.05) is 24.8 Å². The normalized spacial score (nSPS) is 12.5. The standard InChI is InChI=1S/C18H16N4/c1-2-4-14(5-3-1)10-18(22-9-8-19-13-22)15-6-7-16-17(11-15)21-12-20-16/h1-9,11-13,18H,10H2,(H,20,21).